The molecule has 0 rings (SSSR count). The first-order chi connectivity index (χ1) is 6.22. The predicted octanol–water partition coefficient (Wildman–Crippen LogP) is 0.883. The molecule has 0 aromatic rings. The van der Waals surface area contributed by atoms with E-state index in [0.29, 0.717) is 18.1 Å². The Morgan fingerprint density at radius 1 is 1.43 bits per heavy atom. The van der Waals surface area contributed by atoms with Crippen LogP contribution in [0.2, 0.25) is 0 Å². The van der Waals surface area contributed by atoms with Gasteiger partial charge in [-0.2, -0.15) is 0 Å². The minimum Gasteiger partial charge on any atom is -0.353 e. The Bertz CT molecular complexity index is 280. The Hall–Kier alpha value is -0.510. The second-order valence-corrected chi connectivity index (χ2v) is 7.01. The van der Waals surface area contributed by atoms with Crippen LogP contribution in [-0.4, -0.2) is 34.0 Å². The van der Waals surface area contributed by atoms with E-state index in [-0.39, 0.29) is 11.9 Å². The second-order valence-electron chi connectivity index (χ2n) is 4.24. The van der Waals surface area contributed by atoms with Crippen molar-refractivity contribution >= 4 is 21.3 Å². The van der Waals surface area contributed by atoms with Crippen LogP contribution in [0.5, 0.6) is 0 Å². The van der Waals surface area contributed by atoms with Crippen molar-refractivity contribution in [2.45, 2.75) is 33.2 Å². The first-order valence-corrected chi connectivity index (χ1v) is 7.12. The number of hydrogen-bond acceptors (Lipinski definition) is 2. The second kappa shape index (κ2) is 5.39. The zero-order chi connectivity index (χ0) is 11.4. The lowest BCUT2D eigenvalue weighted by Crippen LogP contribution is -2.36. The van der Waals surface area contributed by atoms with E-state index in [1.807, 2.05) is 6.92 Å². The van der Waals surface area contributed by atoms with Gasteiger partial charge in [-0.3, -0.25) is 9.00 Å². The van der Waals surface area contributed by atoms with Crippen LogP contribution in [0.1, 0.15) is 27.2 Å². The molecule has 4 heteroatoms. The van der Waals surface area contributed by atoms with E-state index in [1.54, 1.807) is 6.26 Å². The molecule has 0 fully saturated rings. The quantitative estimate of drug-likeness (QED) is 0.698. The van der Waals surface area contributed by atoms with Crippen LogP contribution in [0, 0.1) is 5.92 Å². The minimum atomic E-state index is -2.04. The maximum absolute atomic E-state index is 11.3. The molecule has 1 unspecified atom stereocenters. The van der Waals surface area contributed by atoms with Crippen molar-refractivity contribution in [2.24, 2.45) is 5.92 Å². The average Bonchev–Trinajstić information content (AvgIpc) is 1.99. The van der Waals surface area contributed by atoms with Crippen LogP contribution in [0.3, 0.4) is 0 Å². The molecule has 0 radical (unpaired) electrons. The van der Waals surface area contributed by atoms with Gasteiger partial charge in [-0.25, -0.2) is 0 Å². The predicted molar refractivity (Wildman–Crippen MR) is 63.1 cm³/mol. The lowest BCUT2D eigenvalue weighted by Gasteiger charge is -2.17. The highest BCUT2D eigenvalue weighted by molar-refractivity contribution is 7.99. The molecule has 0 saturated heterocycles. The summed E-state index contributed by atoms with van der Waals surface area (Å²) in [5.41, 5.74) is 0. The molecular formula is C10H21NO2S. The van der Waals surface area contributed by atoms with Crippen molar-refractivity contribution in [2.75, 3.05) is 12.0 Å². The maximum Gasteiger partial charge on any atom is 0.221 e. The van der Waals surface area contributed by atoms with Gasteiger partial charge >= 0.3 is 0 Å². The summed E-state index contributed by atoms with van der Waals surface area (Å²) in [5, 5.41) is 2.86. The Balaban J connectivity index is 3.89. The summed E-state index contributed by atoms with van der Waals surface area (Å²) in [7, 11) is -2.04. The largest absolute Gasteiger partial charge is 0.353 e. The molecule has 0 aliphatic carbocycles. The van der Waals surface area contributed by atoms with Crippen LogP contribution in [-0.2, 0) is 14.3 Å². The first-order valence-electron chi connectivity index (χ1n) is 4.81. The highest BCUT2D eigenvalue weighted by Crippen LogP contribution is 2.00. The molecule has 0 aromatic carbocycles. The molecule has 0 aliphatic rings. The third-order valence-corrected chi connectivity index (χ3v) is 3.22. The zero-order valence-electron chi connectivity index (χ0n) is 9.50. The Kier molecular flexibility index (Phi) is 5.19. The summed E-state index contributed by atoms with van der Waals surface area (Å²) in [6.45, 7) is 6.07. The van der Waals surface area contributed by atoms with Gasteiger partial charge in [-0.05, 0) is 28.2 Å². The lowest BCUT2D eigenvalue weighted by atomic mass is 10.1. The fourth-order valence-corrected chi connectivity index (χ4v) is 1.42. The van der Waals surface area contributed by atoms with E-state index >= 15 is 0 Å². The lowest BCUT2D eigenvalue weighted by molar-refractivity contribution is -0.121. The monoisotopic (exact) mass is 219 g/mol. The molecule has 0 spiro atoms. The van der Waals surface area contributed by atoms with Crippen molar-refractivity contribution in [1.82, 2.24) is 5.32 Å². The van der Waals surface area contributed by atoms with Gasteiger partial charge in [-0.1, -0.05) is 13.8 Å². The third kappa shape index (κ3) is 6.95. The van der Waals surface area contributed by atoms with Crippen LogP contribution in [0.4, 0.5) is 0 Å². The number of amides is 1. The molecule has 1 N–H and O–H groups in total. The van der Waals surface area contributed by atoms with Crippen LogP contribution < -0.4 is 5.32 Å². The van der Waals surface area contributed by atoms with Gasteiger partial charge in [0.05, 0.1) is 0 Å². The minimum absolute atomic E-state index is 0.0376. The smallest absolute Gasteiger partial charge is 0.221 e. The fraction of sp³-hybridized carbons (Fsp3) is 0.800. The summed E-state index contributed by atoms with van der Waals surface area (Å²) in [6, 6.07) is 0.167. The molecule has 0 aliphatic heterocycles. The van der Waals surface area contributed by atoms with Gasteiger partial charge in [0.2, 0.25) is 5.91 Å². The molecule has 2 atom stereocenters. The summed E-state index contributed by atoms with van der Waals surface area (Å²) in [4.78, 5) is 11.3. The molecule has 3 nitrogen and oxygen atoms in total. The van der Waals surface area contributed by atoms with E-state index < -0.39 is 9.52 Å². The summed E-state index contributed by atoms with van der Waals surface area (Å²) >= 11 is 0. The summed E-state index contributed by atoms with van der Waals surface area (Å²) < 4.78 is 11.2. The topological polar surface area (TPSA) is 46.2 Å². The summed E-state index contributed by atoms with van der Waals surface area (Å²) in [6.07, 6.45) is 1.88. The van der Waals surface area contributed by atoms with Gasteiger partial charge < -0.3 is 5.32 Å². The van der Waals surface area contributed by atoms with Crippen molar-refractivity contribution < 1.29 is 9.00 Å². The molecule has 0 aromatic heterocycles. The Morgan fingerprint density at radius 2 is 1.93 bits per heavy atom. The van der Waals surface area contributed by atoms with Crippen molar-refractivity contribution in [3.63, 3.8) is 0 Å². The highest BCUT2D eigenvalue weighted by Gasteiger charge is 2.11. The molecule has 14 heavy (non-hydrogen) atoms. The van der Waals surface area contributed by atoms with Gasteiger partial charge in [0, 0.05) is 24.5 Å². The molecule has 0 heterocycles. The van der Waals surface area contributed by atoms with E-state index in [2.05, 4.69) is 25.0 Å². The van der Waals surface area contributed by atoms with E-state index in [0.717, 1.165) is 0 Å². The fourth-order valence-electron chi connectivity index (χ4n) is 0.801. The molecule has 84 valence electrons. The van der Waals surface area contributed by atoms with Crippen molar-refractivity contribution in [3.05, 3.63) is 0 Å². The Morgan fingerprint density at radius 3 is 2.29 bits per heavy atom. The summed E-state index contributed by atoms with van der Waals surface area (Å²) in [5.74, 6) is 4.25. The van der Waals surface area contributed by atoms with Gasteiger partial charge in [-0.15, -0.1) is 0 Å². The molecule has 0 saturated carbocycles. The normalized spacial score (nSPS) is 17.5. The number of rotatable bonds is 5. The zero-order valence-corrected chi connectivity index (χ0v) is 10.3. The number of carbonyl (C=O) groups is 1. The van der Waals surface area contributed by atoms with Gasteiger partial charge in [0.1, 0.15) is 0 Å². The Labute approximate surface area is 87.3 Å². The number of nitrogens with one attached hydrogen (secondary N) is 1. The molecular weight excluding hydrogens is 198 g/mol. The van der Waals surface area contributed by atoms with Gasteiger partial charge in [0.15, 0.2) is 0 Å². The van der Waals surface area contributed by atoms with Crippen LogP contribution in [0.15, 0.2) is 0 Å². The molecule has 0 bridgehead atoms. The van der Waals surface area contributed by atoms with E-state index in [1.165, 1.54) is 0 Å². The average molecular weight is 219 g/mol. The van der Waals surface area contributed by atoms with E-state index in [4.69, 9.17) is 0 Å². The molecule has 1 amide bonds. The van der Waals surface area contributed by atoms with Crippen LogP contribution in [0.25, 0.3) is 0 Å². The first kappa shape index (κ1) is 13.5. The number of hydrogen-bond donors (Lipinski definition) is 1. The number of carbonyl (C=O) groups excluding carboxylic acids is 1. The van der Waals surface area contributed by atoms with Gasteiger partial charge in [0.25, 0.3) is 0 Å². The standard InChI is InChI=1S/C10H21NO2S/c1-8(2)9(3)11-10(12)6-7-14(4,5)13/h8-9H,4,6-7H2,1-3,5H3,(H,11,12)/t9-,14?/m1/s1. The third-order valence-electron chi connectivity index (χ3n) is 2.15. The van der Waals surface area contributed by atoms with Crippen molar-refractivity contribution in [3.8, 4) is 0 Å². The SMILES string of the molecule is C=S(C)(=O)CCC(=O)N[C@H](C)C(C)C. The highest BCUT2D eigenvalue weighted by atomic mass is 32.2. The van der Waals surface area contributed by atoms with Crippen molar-refractivity contribution in [1.29, 1.82) is 0 Å². The van der Waals surface area contributed by atoms with E-state index in [9.17, 15) is 9.00 Å². The maximum atomic E-state index is 11.3. The van der Waals surface area contributed by atoms with Crippen LogP contribution >= 0.6 is 0 Å².